The van der Waals surface area contributed by atoms with Crippen LogP contribution in [-0.4, -0.2) is 18.1 Å². The van der Waals surface area contributed by atoms with Gasteiger partial charge in [0.15, 0.2) is 6.10 Å². The summed E-state index contributed by atoms with van der Waals surface area (Å²) in [7, 11) is 0. The van der Waals surface area contributed by atoms with E-state index in [1.807, 2.05) is 13.8 Å². The van der Waals surface area contributed by atoms with Gasteiger partial charge in [0.25, 0.3) is 5.91 Å². The summed E-state index contributed by atoms with van der Waals surface area (Å²) in [5.41, 5.74) is 11.3. The van der Waals surface area contributed by atoms with Crippen molar-refractivity contribution in [3.63, 3.8) is 0 Å². The number of carbonyl (C=O) groups is 2. The number of anilines is 2. The zero-order chi connectivity index (χ0) is 18.7. The lowest BCUT2D eigenvalue weighted by molar-refractivity contribution is -0.131. The van der Waals surface area contributed by atoms with Crippen LogP contribution in [0.4, 0.5) is 16.2 Å². The summed E-state index contributed by atoms with van der Waals surface area (Å²) in [6.07, 6.45) is -1.36. The van der Waals surface area contributed by atoms with Crippen molar-refractivity contribution in [2.75, 3.05) is 11.1 Å². The molecule has 24 heavy (non-hydrogen) atoms. The van der Waals surface area contributed by atoms with Gasteiger partial charge in [0.2, 0.25) is 0 Å². The first-order valence-corrected chi connectivity index (χ1v) is 8.43. The molecule has 6 nitrogen and oxygen atoms in total. The molecule has 0 heterocycles. The Labute approximate surface area is 151 Å². The third-order valence-corrected chi connectivity index (χ3v) is 3.93. The maximum atomic E-state index is 12.7. The monoisotopic (exact) mass is 399 g/mol. The number of hydrogen-bond donors (Lipinski definition) is 3. The molecule has 0 saturated carbocycles. The number of rotatable bonds is 5. The molecule has 0 aliphatic rings. The Morgan fingerprint density at radius 3 is 2.29 bits per heavy atom. The molecule has 1 aromatic carbocycles. The van der Waals surface area contributed by atoms with Gasteiger partial charge in [-0.05, 0) is 30.0 Å². The van der Waals surface area contributed by atoms with E-state index in [0.29, 0.717) is 17.8 Å². The number of nitrogens with one attached hydrogen (secondary N) is 1. The summed E-state index contributed by atoms with van der Waals surface area (Å²) in [4.78, 5) is 24.0. The highest BCUT2D eigenvalue weighted by Crippen LogP contribution is 2.38. The van der Waals surface area contributed by atoms with Crippen molar-refractivity contribution in [3.8, 4) is 0 Å². The van der Waals surface area contributed by atoms with Crippen LogP contribution in [0.2, 0.25) is 0 Å². The minimum absolute atomic E-state index is 0.0559. The van der Waals surface area contributed by atoms with Crippen LogP contribution in [0.1, 0.15) is 41.0 Å². The van der Waals surface area contributed by atoms with E-state index in [0.717, 1.165) is 4.47 Å². The molecule has 0 aliphatic carbocycles. The number of nitrogen functional groups attached to an aromatic ring is 1. The average Bonchev–Trinajstić information content (AvgIpc) is 2.36. The number of nitrogens with two attached hydrogens (primary N) is 2. The van der Waals surface area contributed by atoms with Crippen molar-refractivity contribution in [1.29, 1.82) is 0 Å². The van der Waals surface area contributed by atoms with Gasteiger partial charge in [-0.3, -0.25) is 4.79 Å². The number of ether oxygens (including phenoxy) is 1. The largest absolute Gasteiger partial charge is 0.436 e. The molecule has 1 atom stereocenters. The fraction of sp³-hybridized carbons (Fsp3) is 0.529. The summed E-state index contributed by atoms with van der Waals surface area (Å²) in [6, 6.07) is 5.12. The first-order chi connectivity index (χ1) is 10.8. The Hall–Kier alpha value is -1.76. The number of hydrogen-bond acceptors (Lipinski definition) is 4. The molecular formula is C17H26BrN3O3. The predicted octanol–water partition coefficient (Wildman–Crippen LogP) is 3.90. The zero-order valence-corrected chi connectivity index (χ0v) is 16.4. The summed E-state index contributed by atoms with van der Waals surface area (Å²) in [5.74, 6) is -0.461. The average molecular weight is 400 g/mol. The van der Waals surface area contributed by atoms with Crippen LogP contribution in [-0.2, 0) is 9.53 Å². The SMILES string of the molecule is CC(C)(C)CC(C)(C)[C@H](OC(N)=O)C(=O)Nc1ccc(Br)cc1N. The molecule has 2 amide bonds. The third kappa shape index (κ3) is 6.03. The molecule has 0 aliphatic heterocycles. The van der Waals surface area contributed by atoms with Crippen LogP contribution in [0.25, 0.3) is 0 Å². The van der Waals surface area contributed by atoms with E-state index in [9.17, 15) is 9.59 Å². The van der Waals surface area contributed by atoms with Gasteiger partial charge in [0.05, 0.1) is 11.4 Å². The number of halogens is 1. The van der Waals surface area contributed by atoms with E-state index in [-0.39, 0.29) is 5.41 Å². The van der Waals surface area contributed by atoms with Crippen LogP contribution in [0.5, 0.6) is 0 Å². The maximum absolute atomic E-state index is 12.7. The van der Waals surface area contributed by atoms with Crippen molar-refractivity contribution in [3.05, 3.63) is 22.7 Å². The normalized spacial score (nSPS) is 13.2. The van der Waals surface area contributed by atoms with Crippen molar-refractivity contribution in [2.24, 2.45) is 16.6 Å². The highest BCUT2D eigenvalue weighted by atomic mass is 79.9. The minimum atomic E-state index is -1.03. The molecule has 0 bridgehead atoms. The van der Waals surface area contributed by atoms with Crippen LogP contribution in [0.3, 0.4) is 0 Å². The zero-order valence-electron chi connectivity index (χ0n) is 14.8. The van der Waals surface area contributed by atoms with Crippen molar-refractivity contribution in [1.82, 2.24) is 0 Å². The van der Waals surface area contributed by atoms with Gasteiger partial charge in [0, 0.05) is 9.89 Å². The van der Waals surface area contributed by atoms with Gasteiger partial charge in [-0.25, -0.2) is 4.79 Å². The van der Waals surface area contributed by atoms with Gasteiger partial charge in [0.1, 0.15) is 0 Å². The van der Waals surface area contributed by atoms with Gasteiger partial charge < -0.3 is 21.5 Å². The fourth-order valence-electron chi connectivity index (χ4n) is 2.99. The van der Waals surface area contributed by atoms with Crippen molar-refractivity contribution in [2.45, 2.75) is 47.1 Å². The molecule has 0 unspecified atom stereocenters. The molecule has 7 heteroatoms. The quantitative estimate of drug-likeness (QED) is 0.652. The van der Waals surface area contributed by atoms with Crippen LogP contribution < -0.4 is 16.8 Å². The van der Waals surface area contributed by atoms with E-state index >= 15 is 0 Å². The van der Waals surface area contributed by atoms with Crippen LogP contribution >= 0.6 is 15.9 Å². The molecular weight excluding hydrogens is 374 g/mol. The predicted molar refractivity (Wildman–Crippen MR) is 99.5 cm³/mol. The lowest BCUT2D eigenvalue weighted by atomic mass is 9.72. The maximum Gasteiger partial charge on any atom is 0.405 e. The molecule has 134 valence electrons. The Kier molecular flexibility index (Phi) is 6.27. The highest BCUT2D eigenvalue weighted by Gasteiger charge is 2.41. The van der Waals surface area contributed by atoms with Gasteiger partial charge >= 0.3 is 6.09 Å². The third-order valence-electron chi connectivity index (χ3n) is 3.44. The fourth-order valence-corrected chi connectivity index (χ4v) is 3.37. The Morgan fingerprint density at radius 2 is 1.83 bits per heavy atom. The van der Waals surface area contributed by atoms with E-state index in [1.165, 1.54) is 0 Å². The number of carbonyl (C=O) groups excluding carboxylic acids is 2. The second-order valence-electron chi connectivity index (χ2n) is 7.76. The lowest BCUT2D eigenvalue weighted by Gasteiger charge is -2.37. The Morgan fingerprint density at radius 1 is 1.25 bits per heavy atom. The van der Waals surface area contributed by atoms with Gasteiger partial charge in [-0.15, -0.1) is 0 Å². The number of primary amides is 1. The van der Waals surface area contributed by atoms with Crippen molar-refractivity contribution < 1.29 is 14.3 Å². The van der Waals surface area contributed by atoms with E-state index in [1.54, 1.807) is 18.2 Å². The van der Waals surface area contributed by atoms with E-state index in [2.05, 4.69) is 42.0 Å². The number of benzene rings is 1. The molecule has 0 fully saturated rings. The topological polar surface area (TPSA) is 107 Å². The molecule has 0 spiro atoms. The van der Waals surface area contributed by atoms with Gasteiger partial charge in [-0.1, -0.05) is 50.5 Å². The Balaban J connectivity index is 3.06. The smallest absolute Gasteiger partial charge is 0.405 e. The number of amides is 2. The first kappa shape index (κ1) is 20.3. The molecule has 0 aromatic heterocycles. The van der Waals surface area contributed by atoms with E-state index in [4.69, 9.17) is 16.2 Å². The van der Waals surface area contributed by atoms with Crippen molar-refractivity contribution >= 4 is 39.3 Å². The molecule has 0 radical (unpaired) electrons. The molecule has 1 rings (SSSR count). The second-order valence-corrected chi connectivity index (χ2v) is 8.68. The second kappa shape index (κ2) is 7.42. The standard InChI is InChI=1S/C17H26BrN3O3/c1-16(2,3)9-17(4,5)13(24-15(20)23)14(22)21-12-7-6-10(18)8-11(12)19/h6-8,13H,9,19H2,1-5H3,(H2,20,23)(H,21,22)/t13-/m1/s1. The summed E-state index contributed by atoms with van der Waals surface area (Å²) >= 11 is 3.31. The summed E-state index contributed by atoms with van der Waals surface area (Å²) in [6.45, 7) is 9.91. The Bertz CT molecular complexity index is 624. The highest BCUT2D eigenvalue weighted by molar-refractivity contribution is 9.10. The summed E-state index contributed by atoms with van der Waals surface area (Å²) < 4.78 is 5.94. The van der Waals surface area contributed by atoms with Crippen LogP contribution in [0.15, 0.2) is 22.7 Å². The lowest BCUT2D eigenvalue weighted by Crippen LogP contribution is -2.46. The summed E-state index contributed by atoms with van der Waals surface area (Å²) in [5, 5.41) is 2.72. The molecule has 5 N–H and O–H groups in total. The van der Waals surface area contributed by atoms with Crippen LogP contribution in [0, 0.1) is 10.8 Å². The first-order valence-electron chi connectivity index (χ1n) is 7.64. The van der Waals surface area contributed by atoms with Gasteiger partial charge in [-0.2, -0.15) is 0 Å². The molecule has 1 aromatic rings. The minimum Gasteiger partial charge on any atom is -0.436 e. The van der Waals surface area contributed by atoms with E-state index < -0.39 is 23.5 Å². The molecule has 0 saturated heterocycles.